The lowest BCUT2D eigenvalue weighted by atomic mass is 9.87. The molecular weight excluding hydrogens is 170 g/mol. The van der Waals surface area contributed by atoms with E-state index in [9.17, 15) is 0 Å². The summed E-state index contributed by atoms with van der Waals surface area (Å²) >= 11 is 0. The van der Waals surface area contributed by atoms with Crippen LogP contribution in [0.15, 0.2) is 0 Å². The van der Waals surface area contributed by atoms with Crippen molar-refractivity contribution in [2.45, 2.75) is 57.8 Å². The minimum absolute atomic E-state index is 1.05. The van der Waals surface area contributed by atoms with E-state index in [1.807, 2.05) is 0 Å². The predicted molar refractivity (Wildman–Crippen MR) is 61.4 cm³/mol. The van der Waals surface area contributed by atoms with Gasteiger partial charge in [-0.15, -0.1) is 0 Å². The highest BCUT2D eigenvalue weighted by molar-refractivity contribution is 4.74. The first kappa shape index (κ1) is 10.5. The van der Waals surface area contributed by atoms with Crippen molar-refractivity contribution in [3.63, 3.8) is 0 Å². The maximum Gasteiger partial charge on any atom is -0.00463 e. The Morgan fingerprint density at radius 2 is 1.29 bits per heavy atom. The van der Waals surface area contributed by atoms with E-state index in [0.29, 0.717) is 0 Å². The topological polar surface area (TPSA) is 12.0 Å². The molecule has 2 aliphatic rings. The van der Waals surface area contributed by atoms with E-state index in [1.165, 1.54) is 70.9 Å². The Labute approximate surface area is 88.7 Å². The highest BCUT2D eigenvalue weighted by atomic mass is 14.8. The van der Waals surface area contributed by atoms with Gasteiger partial charge in [-0.3, -0.25) is 0 Å². The third-order valence-electron chi connectivity index (χ3n) is 3.88. The van der Waals surface area contributed by atoms with E-state index in [1.54, 1.807) is 0 Å². The van der Waals surface area contributed by atoms with Crippen LogP contribution in [0.4, 0.5) is 0 Å². The largest absolute Gasteiger partial charge is 0.317 e. The molecule has 0 spiro atoms. The Bertz CT molecular complexity index is 145. The van der Waals surface area contributed by atoms with Crippen LogP contribution in [-0.4, -0.2) is 13.1 Å². The van der Waals surface area contributed by atoms with E-state index < -0.39 is 0 Å². The van der Waals surface area contributed by atoms with E-state index >= 15 is 0 Å². The fourth-order valence-electron chi connectivity index (χ4n) is 2.62. The monoisotopic (exact) mass is 195 g/mol. The number of nitrogens with one attached hydrogen (secondary N) is 1. The van der Waals surface area contributed by atoms with Gasteiger partial charge in [0.15, 0.2) is 0 Å². The van der Waals surface area contributed by atoms with Crippen LogP contribution in [0.3, 0.4) is 0 Å². The second-order valence-electron chi connectivity index (χ2n) is 5.27. The lowest BCUT2D eigenvalue weighted by molar-refractivity contribution is 0.333. The summed E-state index contributed by atoms with van der Waals surface area (Å²) in [6.07, 6.45) is 13.4. The molecule has 0 radical (unpaired) electrons. The molecule has 1 N–H and O–H groups in total. The summed E-state index contributed by atoms with van der Waals surface area (Å²) in [7, 11) is 0. The molecule has 0 aromatic heterocycles. The molecule has 0 heterocycles. The maximum absolute atomic E-state index is 3.60. The number of hydrogen-bond donors (Lipinski definition) is 1. The second-order valence-corrected chi connectivity index (χ2v) is 5.27. The SMILES string of the molecule is C1CCC(CCNCCC2CC2)CC1. The number of hydrogen-bond acceptors (Lipinski definition) is 1. The Kier molecular flexibility index (Phi) is 4.30. The molecule has 0 aliphatic heterocycles. The minimum Gasteiger partial charge on any atom is -0.317 e. The number of rotatable bonds is 6. The molecule has 82 valence electrons. The van der Waals surface area contributed by atoms with E-state index in [4.69, 9.17) is 0 Å². The molecule has 0 atom stereocenters. The van der Waals surface area contributed by atoms with Gasteiger partial charge in [0, 0.05) is 0 Å². The molecule has 14 heavy (non-hydrogen) atoms. The van der Waals surface area contributed by atoms with Gasteiger partial charge in [-0.05, 0) is 37.8 Å². The summed E-state index contributed by atoms with van der Waals surface area (Å²) in [6.45, 7) is 2.55. The Morgan fingerprint density at radius 1 is 0.714 bits per heavy atom. The van der Waals surface area contributed by atoms with Gasteiger partial charge in [-0.25, -0.2) is 0 Å². The van der Waals surface area contributed by atoms with Crippen LogP contribution in [0, 0.1) is 11.8 Å². The molecule has 0 saturated heterocycles. The Hall–Kier alpha value is -0.0400. The first-order valence-electron chi connectivity index (χ1n) is 6.66. The van der Waals surface area contributed by atoms with Crippen LogP contribution in [0.1, 0.15) is 57.8 Å². The summed E-state index contributed by atoms with van der Waals surface area (Å²) in [5.74, 6) is 2.15. The van der Waals surface area contributed by atoms with Crippen LogP contribution in [0.2, 0.25) is 0 Å². The average Bonchev–Trinajstić information content (AvgIpc) is 3.03. The van der Waals surface area contributed by atoms with Gasteiger partial charge in [0.05, 0.1) is 0 Å². The van der Waals surface area contributed by atoms with Crippen molar-refractivity contribution in [2.75, 3.05) is 13.1 Å². The standard InChI is InChI=1S/C13H25N/c1-2-4-12(5-3-1)8-10-14-11-9-13-6-7-13/h12-14H,1-11H2. The van der Waals surface area contributed by atoms with Gasteiger partial charge in [0.1, 0.15) is 0 Å². The van der Waals surface area contributed by atoms with Gasteiger partial charge in [0.25, 0.3) is 0 Å². The van der Waals surface area contributed by atoms with Crippen LogP contribution in [-0.2, 0) is 0 Å². The van der Waals surface area contributed by atoms with Crippen molar-refractivity contribution in [1.29, 1.82) is 0 Å². The molecule has 2 saturated carbocycles. The van der Waals surface area contributed by atoms with Gasteiger partial charge >= 0.3 is 0 Å². The Morgan fingerprint density at radius 3 is 1.86 bits per heavy atom. The van der Waals surface area contributed by atoms with Crippen LogP contribution in [0.25, 0.3) is 0 Å². The van der Waals surface area contributed by atoms with Gasteiger partial charge in [-0.2, -0.15) is 0 Å². The average molecular weight is 195 g/mol. The smallest absolute Gasteiger partial charge is 0.00463 e. The molecule has 2 aliphatic carbocycles. The van der Waals surface area contributed by atoms with Crippen LogP contribution < -0.4 is 5.32 Å². The highest BCUT2D eigenvalue weighted by Crippen LogP contribution is 2.31. The predicted octanol–water partition coefficient (Wildman–Crippen LogP) is 3.35. The summed E-state index contributed by atoms with van der Waals surface area (Å²) in [5.41, 5.74) is 0. The molecular formula is C13H25N. The fraction of sp³-hybridized carbons (Fsp3) is 1.00. The lowest BCUT2D eigenvalue weighted by Crippen LogP contribution is -2.20. The summed E-state index contributed by atoms with van der Waals surface area (Å²) in [6, 6.07) is 0. The van der Waals surface area contributed by atoms with Crippen molar-refractivity contribution in [3.8, 4) is 0 Å². The van der Waals surface area contributed by atoms with E-state index in [0.717, 1.165) is 11.8 Å². The quantitative estimate of drug-likeness (QED) is 0.641. The second kappa shape index (κ2) is 5.75. The summed E-state index contributed by atoms with van der Waals surface area (Å²) in [5, 5.41) is 3.60. The molecule has 2 fully saturated rings. The van der Waals surface area contributed by atoms with Crippen molar-refractivity contribution in [2.24, 2.45) is 11.8 Å². The third kappa shape index (κ3) is 4.00. The Balaban J connectivity index is 1.41. The first-order valence-corrected chi connectivity index (χ1v) is 6.66. The summed E-state index contributed by atoms with van der Waals surface area (Å²) < 4.78 is 0. The maximum atomic E-state index is 3.60. The molecule has 0 unspecified atom stereocenters. The zero-order valence-electron chi connectivity index (χ0n) is 9.43. The lowest BCUT2D eigenvalue weighted by Gasteiger charge is -2.21. The first-order chi connectivity index (χ1) is 6.95. The third-order valence-corrected chi connectivity index (χ3v) is 3.88. The zero-order valence-corrected chi connectivity index (χ0v) is 9.43. The minimum atomic E-state index is 1.05. The van der Waals surface area contributed by atoms with Crippen molar-refractivity contribution < 1.29 is 0 Å². The highest BCUT2D eigenvalue weighted by Gasteiger charge is 2.20. The molecule has 0 aromatic carbocycles. The van der Waals surface area contributed by atoms with Gasteiger partial charge in [0.2, 0.25) is 0 Å². The van der Waals surface area contributed by atoms with Crippen molar-refractivity contribution >= 4 is 0 Å². The normalized spacial score (nSPS) is 24.0. The van der Waals surface area contributed by atoms with E-state index in [2.05, 4.69) is 5.32 Å². The molecule has 0 amide bonds. The zero-order chi connectivity index (χ0) is 9.64. The molecule has 0 aromatic rings. The molecule has 0 bridgehead atoms. The molecule has 1 nitrogen and oxygen atoms in total. The fourth-order valence-corrected chi connectivity index (χ4v) is 2.62. The van der Waals surface area contributed by atoms with E-state index in [-0.39, 0.29) is 0 Å². The molecule has 1 heteroatoms. The van der Waals surface area contributed by atoms with Gasteiger partial charge < -0.3 is 5.32 Å². The van der Waals surface area contributed by atoms with Crippen molar-refractivity contribution in [3.05, 3.63) is 0 Å². The van der Waals surface area contributed by atoms with Crippen molar-refractivity contribution in [1.82, 2.24) is 5.32 Å². The van der Waals surface area contributed by atoms with Crippen LogP contribution in [0.5, 0.6) is 0 Å². The van der Waals surface area contributed by atoms with Crippen LogP contribution >= 0.6 is 0 Å². The van der Waals surface area contributed by atoms with Gasteiger partial charge in [-0.1, -0.05) is 44.9 Å². The molecule has 2 rings (SSSR count). The summed E-state index contributed by atoms with van der Waals surface area (Å²) in [4.78, 5) is 0.